The van der Waals surface area contributed by atoms with Crippen molar-refractivity contribution in [2.75, 3.05) is 19.6 Å². The topological polar surface area (TPSA) is 89.9 Å². The molecule has 1 saturated heterocycles. The van der Waals surface area contributed by atoms with Gasteiger partial charge >= 0.3 is 6.18 Å². The zero-order valence-corrected chi connectivity index (χ0v) is 15.9. The smallest absolute Gasteiger partial charge is 0.337 e. The highest BCUT2D eigenvalue weighted by Gasteiger charge is 2.36. The first kappa shape index (κ1) is 23.1. The molecule has 2 aromatic heterocycles. The maximum Gasteiger partial charge on any atom is 0.417 e. The lowest BCUT2D eigenvalue weighted by atomic mass is 9.90. The molecule has 3 heterocycles. The van der Waals surface area contributed by atoms with Gasteiger partial charge in [0.2, 0.25) is 0 Å². The summed E-state index contributed by atoms with van der Waals surface area (Å²) in [5, 5.41) is 7.59. The maximum absolute atomic E-state index is 12.6. The van der Waals surface area contributed by atoms with Gasteiger partial charge in [-0.2, -0.15) is 13.2 Å². The van der Waals surface area contributed by atoms with Gasteiger partial charge in [-0.3, -0.25) is 4.79 Å². The van der Waals surface area contributed by atoms with E-state index in [0.29, 0.717) is 25.8 Å². The van der Waals surface area contributed by atoms with Crippen LogP contribution in [0.1, 0.15) is 29.4 Å². The standard InChI is InChI=1S/C15H17F3N6O.2ClH/c1-14(8-19)4-5-23(9-14)13(25)11-7-24(22-21-11)12-3-2-10(6-20-12)15(16,17)18;;/h2-3,6-7H,4-5,8-9,19H2,1H3;2*1H. The quantitative estimate of drug-likeness (QED) is 0.813. The van der Waals surface area contributed by atoms with Crippen LogP contribution in [-0.4, -0.2) is 50.4 Å². The van der Waals surface area contributed by atoms with Crippen LogP contribution in [0.4, 0.5) is 13.2 Å². The molecule has 27 heavy (non-hydrogen) atoms. The molecule has 150 valence electrons. The highest BCUT2D eigenvalue weighted by molar-refractivity contribution is 5.92. The molecule has 0 radical (unpaired) electrons. The van der Waals surface area contributed by atoms with E-state index in [4.69, 9.17) is 5.73 Å². The average molecular weight is 427 g/mol. The molecule has 0 spiro atoms. The Morgan fingerprint density at radius 1 is 1.33 bits per heavy atom. The van der Waals surface area contributed by atoms with Crippen molar-refractivity contribution >= 4 is 30.7 Å². The fourth-order valence-corrected chi connectivity index (χ4v) is 2.69. The molecule has 1 aliphatic heterocycles. The molecule has 0 bridgehead atoms. The molecular weight excluding hydrogens is 408 g/mol. The number of alkyl halides is 3. The largest absolute Gasteiger partial charge is 0.417 e. The van der Waals surface area contributed by atoms with Crippen molar-refractivity contribution in [1.82, 2.24) is 24.9 Å². The molecular formula is C15H19Cl2F3N6O. The number of nitrogens with two attached hydrogens (primary N) is 1. The first-order valence-corrected chi connectivity index (χ1v) is 7.67. The van der Waals surface area contributed by atoms with Crippen LogP contribution in [0.5, 0.6) is 0 Å². The van der Waals surface area contributed by atoms with Gasteiger partial charge < -0.3 is 10.6 Å². The Hall–Kier alpha value is -1.91. The van der Waals surface area contributed by atoms with Crippen molar-refractivity contribution in [3.63, 3.8) is 0 Å². The van der Waals surface area contributed by atoms with E-state index in [1.807, 2.05) is 6.92 Å². The van der Waals surface area contributed by atoms with E-state index in [9.17, 15) is 18.0 Å². The maximum atomic E-state index is 12.6. The van der Waals surface area contributed by atoms with Crippen molar-refractivity contribution in [2.45, 2.75) is 19.5 Å². The number of nitrogens with zero attached hydrogens (tertiary/aromatic N) is 5. The number of aromatic nitrogens is 4. The minimum absolute atomic E-state index is 0. The summed E-state index contributed by atoms with van der Waals surface area (Å²) < 4.78 is 38.9. The van der Waals surface area contributed by atoms with Gasteiger partial charge in [0.25, 0.3) is 5.91 Å². The van der Waals surface area contributed by atoms with Crippen molar-refractivity contribution in [2.24, 2.45) is 11.1 Å². The second-order valence-electron chi connectivity index (χ2n) is 6.44. The summed E-state index contributed by atoms with van der Waals surface area (Å²) >= 11 is 0. The Bertz CT molecular complexity index is 783. The van der Waals surface area contributed by atoms with Gasteiger partial charge in [-0.1, -0.05) is 12.1 Å². The first-order valence-electron chi connectivity index (χ1n) is 7.67. The average Bonchev–Trinajstić information content (AvgIpc) is 3.21. The number of hydrogen-bond donors (Lipinski definition) is 1. The summed E-state index contributed by atoms with van der Waals surface area (Å²) in [6, 6.07) is 2.08. The third kappa shape index (κ3) is 4.88. The van der Waals surface area contributed by atoms with E-state index in [1.54, 1.807) is 4.90 Å². The van der Waals surface area contributed by atoms with Crippen LogP contribution < -0.4 is 5.73 Å². The first-order chi connectivity index (χ1) is 11.7. The molecule has 3 rings (SSSR count). The zero-order chi connectivity index (χ0) is 18.2. The number of halogens is 5. The monoisotopic (exact) mass is 426 g/mol. The van der Waals surface area contributed by atoms with E-state index in [1.165, 1.54) is 16.9 Å². The molecule has 1 fully saturated rings. The third-order valence-electron chi connectivity index (χ3n) is 4.36. The second-order valence-corrected chi connectivity index (χ2v) is 6.44. The van der Waals surface area contributed by atoms with Gasteiger partial charge in [-0.15, -0.1) is 29.9 Å². The Balaban J connectivity index is 0.00000182. The lowest BCUT2D eigenvalue weighted by Crippen LogP contribution is -2.34. The van der Waals surface area contributed by atoms with Gasteiger partial charge in [-0.25, -0.2) is 9.67 Å². The number of rotatable bonds is 3. The summed E-state index contributed by atoms with van der Waals surface area (Å²) in [5.41, 5.74) is 4.88. The molecule has 2 aromatic rings. The lowest BCUT2D eigenvalue weighted by Gasteiger charge is -2.21. The van der Waals surface area contributed by atoms with Gasteiger partial charge in [-0.05, 0) is 30.5 Å². The number of likely N-dealkylation sites (tertiary alicyclic amines) is 1. The van der Waals surface area contributed by atoms with Crippen LogP contribution >= 0.6 is 24.8 Å². The molecule has 0 aliphatic carbocycles. The second kappa shape index (κ2) is 8.41. The number of amides is 1. The van der Waals surface area contributed by atoms with Gasteiger partial charge in [0.15, 0.2) is 11.5 Å². The van der Waals surface area contributed by atoms with Crippen LogP contribution in [0.2, 0.25) is 0 Å². The van der Waals surface area contributed by atoms with E-state index in [-0.39, 0.29) is 47.6 Å². The SMILES string of the molecule is CC1(CN)CCN(C(=O)c2cn(-c3ccc(C(F)(F)F)cn3)nn2)C1.Cl.Cl. The fraction of sp³-hybridized carbons (Fsp3) is 0.467. The Labute approximate surface area is 165 Å². The number of hydrogen-bond acceptors (Lipinski definition) is 5. The van der Waals surface area contributed by atoms with Crippen molar-refractivity contribution in [3.8, 4) is 5.82 Å². The molecule has 7 nitrogen and oxygen atoms in total. The van der Waals surface area contributed by atoms with Crippen molar-refractivity contribution in [3.05, 3.63) is 35.8 Å². The van der Waals surface area contributed by atoms with Crippen LogP contribution in [0.25, 0.3) is 5.82 Å². The number of carbonyl (C=O) groups is 1. The van der Waals surface area contributed by atoms with E-state index in [2.05, 4.69) is 15.3 Å². The molecule has 1 aliphatic rings. The van der Waals surface area contributed by atoms with Crippen LogP contribution in [0.3, 0.4) is 0 Å². The van der Waals surface area contributed by atoms with Gasteiger partial charge in [0.05, 0.1) is 11.8 Å². The number of carbonyl (C=O) groups excluding carboxylic acids is 1. The number of pyridine rings is 1. The zero-order valence-electron chi connectivity index (χ0n) is 14.3. The normalized spacial score (nSPS) is 19.4. The summed E-state index contributed by atoms with van der Waals surface area (Å²) in [5.74, 6) is -0.136. The van der Waals surface area contributed by atoms with Gasteiger partial charge in [0, 0.05) is 19.3 Å². The highest BCUT2D eigenvalue weighted by Crippen LogP contribution is 2.30. The summed E-state index contributed by atoms with van der Waals surface area (Å²) in [7, 11) is 0. The fourth-order valence-electron chi connectivity index (χ4n) is 2.69. The van der Waals surface area contributed by atoms with E-state index >= 15 is 0 Å². The van der Waals surface area contributed by atoms with Gasteiger partial charge in [0.1, 0.15) is 0 Å². The summed E-state index contributed by atoms with van der Waals surface area (Å²) in [6.45, 7) is 3.62. The molecule has 12 heteroatoms. The molecule has 2 N–H and O–H groups in total. The third-order valence-corrected chi connectivity index (χ3v) is 4.36. The summed E-state index contributed by atoms with van der Waals surface area (Å²) in [6.07, 6.45) is -1.58. The lowest BCUT2D eigenvalue weighted by molar-refractivity contribution is -0.137. The molecule has 1 amide bonds. The van der Waals surface area contributed by atoms with E-state index < -0.39 is 11.7 Å². The highest BCUT2D eigenvalue weighted by atomic mass is 35.5. The van der Waals surface area contributed by atoms with Crippen LogP contribution in [0, 0.1) is 5.41 Å². The Morgan fingerprint density at radius 2 is 2.04 bits per heavy atom. The Morgan fingerprint density at radius 3 is 2.56 bits per heavy atom. The molecule has 0 saturated carbocycles. The Kier molecular flexibility index (Phi) is 7.20. The predicted octanol–water partition coefficient (Wildman–Crippen LogP) is 2.34. The van der Waals surface area contributed by atoms with Crippen LogP contribution in [0.15, 0.2) is 24.5 Å². The molecule has 1 unspecified atom stereocenters. The van der Waals surface area contributed by atoms with E-state index in [0.717, 1.165) is 12.5 Å². The van der Waals surface area contributed by atoms with Crippen molar-refractivity contribution < 1.29 is 18.0 Å². The minimum atomic E-state index is -4.46. The molecule has 0 aromatic carbocycles. The van der Waals surface area contributed by atoms with Crippen molar-refractivity contribution in [1.29, 1.82) is 0 Å². The molecule has 1 atom stereocenters. The van der Waals surface area contributed by atoms with Crippen LogP contribution in [-0.2, 0) is 6.18 Å². The summed E-state index contributed by atoms with van der Waals surface area (Å²) in [4.78, 5) is 17.9. The minimum Gasteiger partial charge on any atom is -0.337 e. The predicted molar refractivity (Wildman–Crippen MR) is 96.3 cm³/mol.